The normalized spacial score (nSPS) is 11.1. The van der Waals surface area contributed by atoms with E-state index in [9.17, 15) is 9.59 Å². The molecule has 5 rings (SSSR count). The van der Waals surface area contributed by atoms with E-state index in [1.165, 1.54) is 6.21 Å². The van der Waals surface area contributed by atoms with Crippen LogP contribution < -0.4 is 14.9 Å². The van der Waals surface area contributed by atoms with Crippen LogP contribution in [0.3, 0.4) is 0 Å². The Kier molecular flexibility index (Phi) is 8.59. The molecule has 5 aromatic rings. The summed E-state index contributed by atoms with van der Waals surface area (Å²) in [6.45, 7) is 2.15. The summed E-state index contributed by atoms with van der Waals surface area (Å²) in [7, 11) is 0. The molecule has 206 valence electrons. The van der Waals surface area contributed by atoms with Gasteiger partial charge in [-0.05, 0) is 60.5 Å². The van der Waals surface area contributed by atoms with Gasteiger partial charge in [-0.1, -0.05) is 77.3 Å². The van der Waals surface area contributed by atoms with Crippen LogP contribution in [-0.4, -0.2) is 29.7 Å². The zero-order chi connectivity index (χ0) is 28.9. The number of rotatable bonds is 8. The third-order valence-corrected chi connectivity index (χ3v) is 6.89. The SMILES string of the molecule is CCOc1cc(C=NNC(=O)c2[nH]c3cc(Cl)cc(Cl)c3c2-c2ccccc2)ccc1OC(=O)c1ccccc1Cl. The fourth-order valence-electron chi connectivity index (χ4n) is 4.27. The molecule has 0 atom stereocenters. The minimum absolute atomic E-state index is 0.221. The van der Waals surface area contributed by atoms with E-state index in [1.54, 1.807) is 54.6 Å². The number of halogens is 3. The number of carbonyl (C=O) groups excluding carboxylic acids is 2. The van der Waals surface area contributed by atoms with Gasteiger partial charge in [0.15, 0.2) is 11.5 Å². The number of hydrogen-bond donors (Lipinski definition) is 2. The van der Waals surface area contributed by atoms with Crippen molar-refractivity contribution in [1.82, 2.24) is 10.4 Å². The number of fused-ring (bicyclic) bond motifs is 1. The van der Waals surface area contributed by atoms with Crippen molar-refractivity contribution in [3.05, 3.63) is 117 Å². The van der Waals surface area contributed by atoms with Crippen LogP contribution in [0, 0.1) is 0 Å². The van der Waals surface area contributed by atoms with Gasteiger partial charge in [0, 0.05) is 21.5 Å². The molecule has 0 spiro atoms. The van der Waals surface area contributed by atoms with Gasteiger partial charge in [0.05, 0.1) is 28.4 Å². The highest BCUT2D eigenvalue weighted by molar-refractivity contribution is 6.40. The largest absolute Gasteiger partial charge is 0.490 e. The third-order valence-electron chi connectivity index (χ3n) is 6.05. The summed E-state index contributed by atoms with van der Waals surface area (Å²) >= 11 is 18.9. The molecule has 4 aromatic carbocycles. The molecular weight excluding hydrogens is 585 g/mol. The van der Waals surface area contributed by atoms with E-state index in [4.69, 9.17) is 44.3 Å². The highest BCUT2D eigenvalue weighted by Gasteiger charge is 2.21. The maximum absolute atomic E-state index is 13.3. The number of hydrogen-bond acceptors (Lipinski definition) is 5. The number of amides is 1. The number of nitrogens with zero attached hydrogens (tertiary/aromatic N) is 1. The average molecular weight is 607 g/mol. The Labute approximate surface area is 250 Å². The number of hydrazone groups is 1. The van der Waals surface area contributed by atoms with Gasteiger partial charge < -0.3 is 14.5 Å². The van der Waals surface area contributed by atoms with Gasteiger partial charge in [0.2, 0.25) is 0 Å². The van der Waals surface area contributed by atoms with Crippen LogP contribution in [0.25, 0.3) is 22.0 Å². The van der Waals surface area contributed by atoms with Gasteiger partial charge in [0.25, 0.3) is 5.91 Å². The van der Waals surface area contributed by atoms with Crippen LogP contribution in [0.5, 0.6) is 11.5 Å². The molecule has 0 saturated carbocycles. The number of carbonyl (C=O) groups is 2. The summed E-state index contributed by atoms with van der Waals surface area (Å²) in [5.74, 6) is -0.534. The fraction of sp³-hybridized carbons (Fsp3) is 0.0645. The van der Waals surface area contributed by atoms with Crippen molar-refractivity contribution in [3.8, 4) is 22.6 Å². The van der Waals surface area contributed by atoms with Crippen molar-refractivity contribution in [3.63, 3.8) is 0 Å². The first-order valence-electron chi connectivity index (χ1n) is 12.5. The molecular formula is C31H22Cl3N3O4. The van der Waals surface area contributed by atoms with Gasteiger partial charge >= 0.3 is 5.97 Å². The van der Waals surface area contributed by atoms with Crippen molar-refractivity contribution >= 4 is 63.8 Å². The zero-order valence-corrected chi connectivity index (χ0v) is 23.8. The van der Waals surface area contributed by atoms with Crippen LogP contribution in [0.2, 0.25) is 15.1 Å². The quantitative estimate of drug-likeness (QED) is 0.0806. The summed E-state index contributed by atoms with van der Waals surface area (Å²) < 4.78 is 11.2. The number of benzene rings is 4. The summed E-state index contributed by atoms with van der Waals surface area (Å²) in [6.07, 6.45) is 1.45. The second-order valence-corrected chi connectivity index (χ2v) is 10.0. The van der Waals surface area contributed by atoms with Gasteiger partial charge in [-0.25, -0.2) is 10.2 Å². The van der Waals surface area contributed by atoms with Gasteiger partial charge in [0.1, 0.15) is 5.69 Å². The molecule has 0 aliphatic rings. The smallest absolute Gasteiger partial charge is 0.345 e. The number of H-pyrrole nitrogens is 1. The molecule has 0 bridgehead atoms. The Morgan fingerprint density at radius 1 is 0.902 bits per heavy atom. The molecule has 0 unspecified atom stereocenters. The summed E-state index contributed by atoms with van der Waals surface area (Å²) in [5, 5.41) is 5.96. The minimum atomic E-state index is -0.612. The van der Waals surface area contributed by atoms with Crippen LogP contribution in [-0.2, 0) is 0 Å². The molecule has 1 aromatic heterocycles. The maximum atomic E-state index is 13.3. The first kappa shape index (κ1) is 28.2. The molecule has 2 N–H and O–H groups in total. The Hall–Kier alpha value is -4.30. The number of nitrogens with one attached hydrogen (secondary N) is 2. The molecule has 0 saturated heterocycles. The van der Waals surface area contributed by atoms with Crippen LogP contribution in [0.4, 0.5) is 0 Å². The molecule has 1 heterocycles. The molecule has 1 amide bonds. The molecule has 0 aliphatic heterocycles. The van der Waals surface area contributed by atoms with E-state index in [2.05, 4.69) is 15.5 Å². The van der Waals surface area contributed by atoms with Gasteiger partial charge in [-0.3, -0.25) is 4.79 Å². The van der Waals surface area contributed by atoms with Gasteiger partial charge in [-0.15, -0.1) is 0 Å². The second-order valence-electron chi connectivity index (χ2n) is 8.76. The predicted octanol–water partition coefficient (Wildman–Crippen LogP) is 8.18. The molecule has 0 fully saturated rings. The first-order chi connectivity index (χ1) is 19.9. The Bertz CT molecular complexity index is 1790. The molecule has 41 heavy (non-hydrogen) atoms. The van der Waals surface area contributed by atoms with Crippen molar-refractivity contribution in [2.24, 2.45) is 5.10 Å². The maximum Gasteiger partial charge on any atom is 0.345 e. The lowest BCUT2D eigenvalue weighted by atomic mass is 10.0. The zero-order valence-electron chi connectivity index (χ0n) is 21.6. The number of aromatic nitrogens is 1. The monoisotopic (exact) mass is 605 g/mol. The first-order valence-corrected chi connectivity index (χ1v) is 13.6. The minimum Gasteiger partial charge on any atom is -0.490 e. The van der Waals surface area contributed by atoms with Crippen molar-refractivity contribution in [2.45, 2.75) is 6.92 Å². The van der Waals surface area contributed by atoms with E-state index < -0.39 is 11.9 Å². The topological polar surface area (TPSA) is 92.8 Å². The fourth-order valence-corrected chi connectivity index (χ4v) is 5.07. The highest BCUT2D eigenvalue weighted by atomic mass is 35.5. The Morgan fingerprint density at radius 2 is 1.66 bits per heavy atom. The number of ether oxygens (including phenoxy) is 2. The Balaban J connectivity index is 1.38. The van der Waals surface area contributed by atoms with E-state index in [-0.39, 0.29) is 22.0 Å². The highest BCUT2D eigenvalue weighted by Crippen LogP contribution is 2.38. The van der Waals surface area contributed by atoms with Crippen LogP contribution in [0.1, 0.15) is 33.3 Å². The van der Waals surface area contributed by atoms with Crippen molar-refractivity contribution < 1.29 is 19.1 Å². The summed E-state index contributed by atoms with van der Waals surface area (Å²) in [5.41, 5.74) is 5.74. The van der Waals surface area contributed by atoms with E-state index in [0.29, 0.717) is 44.4 Å². The molecule has 0 aliphatic carbocycles. The summed E-state index contributed by atoms with van der Waals surface area (Å²) in [4.78, 5) is 29.0. The lowest BCUT2D eigenvalue weighted by Crippen LogP contribution is -2.18. The molecule has 10 heteroatoms. The van der Waals surface area contributed by atoms with E-state index >= 15 is 0 Å². The average Bonchev–Trinajstić information content (AvgIpc) is 3.35. The summed E-state index contributed by atoms with van der Waals surface area (Å²) in [6, 6.07) is 24.3. The Morgan fingerprint density at radius 3 is 2.41 bits per heavy atom. The lowest BCUT2D eigenvalue weighted by molar-refractivity contribution is 0.0728. The van der Waals surface area contributed by atoms with Crippen LogP contribution >= 0.6 is 34.8 Å². The van der Waals surface area contributed by atoms with Gasteiger partial charge in [-0.2, -0.15) is 5.10 Å². The van der Waals surface area contributed by atoms with E-state index in [0.717, 1.165) is 5.56 Å². The standard InChI is InChI=1S/C31H22Cl3N3O4/c1-2-40-26-14-18(12-13-25(26)41-31(39)21-10-6-7-11-22(21)33)17-35-37-30(38)29-27(19-8-4-3-5-9-19)28-23(34)15-20(32)16-24(28)36-29/h3-17,36H,2H2,1H3,(H,37,38). The number of esters is 1. The van der Waals surface area contributed by atoms with E-state index in [1.807, 2.05) is 37.3 Å². The molecule has 0 radical (unpaired) electrons. The third kappa shape index (κ3) is 6.23. The van der Waals surface area contributed by atoms with Crippen LogP contribution in [0.15, 0.2) is 90.0 Å². The predicted molar refractivity (Wildman–Crippen MR) is 163 cm³/mol. The van der Waals surface area contributed by atoms with Crippen molar-refractivity contribution in [1.29, 1.82) is 0 Å². The van der Waals surface area contributed by atoms with Crippen molar-refractivity contribution in [2.75, 3.05) is 6.61 Å². The molecule has 7 nitrogen and oxygen atoms in total. The lowest BCUT2D eigenvalue weighted by Gasteiger charge is -2.12. The second kappa shape index (κ2) is 12.5. The number of aromatic amines is 1.